The highest BCUT2D eigenvalue weighted by molar-refractivity contribution is 6.31. The smallest absolute Gasteiger partial charge is 0.137 e. The maximum absolute atomic E-state index is 11.1. The van der Waals surface area contributed by atoms with Gasteiger partial charge in [0.15, 0.2) is 0 Å². The molecular weight excluding hydrogens is 276 g/mol. The fourth-order valence-electron chi connectivity index (χ4n) is 2.00. The molecule has 6 heteroatoms. The molecule has 0 saturated heterocycles. The Morgan fingerprint density at radius 3 is 2.60 bits per heavy atom. The summed E-state index contributed by atoms with van der Waals surface area (Å²) in [5.41, 5.74) is -0.462. The molecule has 1 unspecified atom stereocenters. The van der Waals surface area contributed by atoms with E-state index in [9.17, 15) is 5.11 Å². The summed E-state index contributed by atoms with van der Waals surface area (Å²) in [6.45, 7) is 6.35. The highest BCUT2D eigenvalue weighted by atomic mass is 35.5. The maximum Gasteiger partial charge on any atom is 0.137 e. The molecule has 2 rings (SSSR count). The summed E-state index contributed by atoms with van der Waals surface area (Å²) >= 11 is 6.15. The lowest BCUT2D eigenvalue weighted by Gasteiger charge is -2.40. The van der Waals surface area contributed by atoms with Gasteiger partial charge in [0.2, 0.25) is 0 Å². The van der Waals surface area contributed by atoms with Gasteiger partial charge < -0.3 is 5.11 Å². The second-order valence-corrected chi connectivity index (χ2v) is 6.43. The number of nitrogens with zero attached hydrogens (tertiary/aromatic N) is 4. The van der Waals surface area contributed by atoms with Crippen LogP contribution in [0.2, 0.25) is 5.02 Å². The van der Waals surface area contributed by atoms with E-state index in [-0.39, 0.29) is 5.41 Å². The van der Waals surface area contributed by atoms with Gasteiger partial charge in [-0.15, -0.1) is 0 Å². The SMILES string of the molecule is CC(C)(C)C(O)(Cc1ccncc1Cl)Cn1cncn1. The molecular formula is C14H19ClN4O. The van der Waals surface area contributed by atoms with Crippen molar-refractivity contribution < 1.29 is 5.11 Å². The van der Waals surface area contributed by atoms with Crippen LogP contribution in [-0.4, -0.2) is 30.5 Å². The van der Waals surface area contributed by atoms with Crippen LogP contribution in [0.25, 0.3) is 0 Å². The number of aliphatic hydroxyl groups is 1. The number of pyridine rings is 1. The molecule has 0 aromatic carbocycles. The average Bonchev–Trinajstić information content (AvgIpc) is 2.83. The van der Waals surface area contributed by atoms with E-state index in [1.165, 1.54) is 6.33 Å². The monoisotopic (exact) mass is 294 g/mol. The summed E-state index contributed by atoms with van der Waals surface area (Å²) in [7, 11) is 0. The normalized spacial score (nSPS) is 15.1. The standard InChI is InChI=1S/C14H19ClN4O/c1-13(2,3)14(20,8-19-10-17-9-18-19)6-11-4-5-16-7-12(11)15/h4-5,7,9-10,20H,6,8H2,1-3H3. The zero-order valence-electron chi connectivity index (χ0n) is 11.9. The molecule has 0 saturated carbocycles. The molecule has 0 bridgehead atoms. The zero-order chi connectivity index (χ0) is 14.8. The lowest BCUT2D eigenvalue weighted by atomic mass is 9.73. The van der Waals surface area contributed by atoms with Crippen molar-refractivity contribution >= 4 is 11.6 Å². The molecule has 0 radical (unpaired) electrons. The first-order valence-electron chi connectivity index (χ1n) is 6.45. The molecule has 5 nitrogen and oxygen atoms in total. The lowest BCUT2D eigenvalue weighted by molar-refractivity contribution is -0.0730. The van der Waals surface area contributed by atoms with Crippen LogP contribution in [0.1, 0.15) is 26.3 Å². The number of rotatable bonds is 4. The van der Waals surface area contributed by atoms with Crippen LogP contribution < -0.4 is 0 Å². The van der Waals surface area contributed by atoms with E-state index in [1.807, 2.05) is 26.8 Å². The van der Waals surface area contributed by atoms with Gasteiger partial charge in [0.25, 0.3) is 0 Å². The quantitative estimate of drug-likeness (QED) is 0.940. The van der Waals surface area contributed by atoms with Crippen LogP contribution >= 0.6 is 11.6 Å². The number of aromatic nitrogens is 4. The summed E-state index contributed by atoms with van der Waals surface area (Å²) in [4.78, 5) is 7.89. The molecule has 0 aliphatic heterocycles. The first-order valence-corrected chi connectivity index (χ1v) is 6.83. The third kappa shape index (κ3) is 3.16. The van der Waals surface area contributed by atoms with E-state index in [2.05, 4.69) is 15.1 Å². The van der Waals surface area contributed by atoms with Crippen molar-refractivity contribution in [1.29, 1.82) is 0 Å². The third-order valence-electron chi connectivity index (χ3n) is 3.63. The van der Waals surface area contributed by atoms with E-state index < -0.39 is 5.60 Å². The summed E-state index contributed by atoms with van der Waals surface area (Å²) in [5, 5.41) is 15.8. The number of hydrogen-bond acceptors (Lipinski definition) is 4. The largest absolute Gasteiger partial charge is 0.387 e. The molecule has 1 atom stereocenters. The minimum absolute atomic E-state index is 0.342. The van der Waals surface area contributed by atoms with Gasteiger partial charge in [-0.2, -0.15) is 5.10 Å². The maximum atomic E-state index is 11.1. The Morgan fingerprint density at radius 2 is 2.05 bits per heavy atom. The summed E-state index contributed by atoms with van der Waals surface area (Å²) in [6.07, 6.45) is 6.76. The van der Waals surface area contributed by atoms with E-state index in [4.69, 9.17) is 11.6 Å². The fourth-order valence-corrected chi connectivity index (χ4v) is 2.19. The summed E-state index contributed by atoms with van der Waals surface area (Å²) in [6, 6.07) is 1.83. The van der Waals surface area contributed by atoms with Crippen LogP contribution in [0, 0.1) is 5.41 Å². The molecule has 0 fully saturated rings. The first kappa shape index (κ1) is 14.9. The van der Waals surface area contributed by atoms with E-state index in [1.54, 1.807) is 23.4 Å². The predicted molar refractivity (Wildman–Crippen MR) is 77.4 cm³/mol. The highest BCUT2D eigenvalue weighted by Gasteiger charge is 2.41. The molecule has 20 heavy (non-hydrogen) atoms. The van der Waals surface area contributed by atoms with Gasteiger partial charge in [0, 0.05) is 18.8 Å². The Morgan fingerprint density at radius 1 is 1.30 bits per heavy atom. The second-order valence-electron chi connectivity index (χ2n) is 6.02. The highest BCUT2D eigenvalue weighted by Crippen LogP contribution is 2.36. The van der Waals surface area contributed by atoms with Crippen molar-refractivity contribution in [1.82, 2.24) is 19.7 Å². The molecule has 2 aromatic heterocycles. The Bertz CT molecular complexity index is 565. The third-order valence-corrected chi connectivity index (χ3v) is 3.97. The Balaban J connectivity index is 2.31. The number of halogens is 1. The number of hydrogen-bond donors (Lipinski definition) is 1. The first-order chi connectivity index (χ1) is 9.32. The molecule has 108 valence electrons. The molecule has 0 amide bonds. The minimum atomic E-state index is -0.994. The summed E-state index contributed by atoms with van der Waals surface area (Å²) in [5.74, 6) is 0. The van der Waals surface area contributed by atoms with E-state index in [0.717, 1.165) is 5.56 Å². The van der Waals surface area contributed by atoms with Gasteiger partial charge in [-0.3, -0.25) is 9.67 Å². The van der Waals surface area contributed by atoms with Crippen LogP contribution in [-0.2, 0) is 13.0 Å². The van der Waals surface area contributed by atoms with Crippen molar-refractivity contribution in [2.75, 3.05) is 0 Å². The summed E-state index contributed by atoms with van der Waals surface area (Å²) < 4.78 is 1.64. The topological polar surface area (TPSA) is 63.8 Å². The molecule has 2 heterocycles. The van der Waals surface area contributed by atoms with Crippen LogP contribution in [0.3, 0.4) is 0 Å². The fraction of sp³-hybridized carbons (Fsp3) is 0.500. The van der Waals surface area contributed by atoms with Crippen molar-refractivity contribution in [3.63, 3.8) is 0 Å². The zero-order valence-corrected chi connectivity index (χ0v) is 12.7. The predicted octanol–water partition coefficient (Wildman–Crippen LogP) is 2.35. The van der Waals surface area contributed by atoms with Gasteiger partial charge >= 0.3 is 0 Å². The molecule has 0 spiro atoms. The van der Waals surface area contributed by atoms with E-state index in [0.29, 0.717) is 18.0 Å². The Labute approximate surface area is 123 Å². The average molecular weight is 295 g/mol. The van der Waals surface area contributed by atoms with Crippen LogP contribution in [0.15, 0.2) is 31.1 Å². The van der Waals surface area contributed by atoms with Gasteiger partial charge in [0.1, 0.15) is 12.7 Å². The second kappa shape index (κ2) is 5.50. The molecule has 0 aliphatic rings. The van der Waals surface area contributed by atoms with Crippen LogP contribution in [0.4, 0.5) is 0 Å². The molecule has 2 aromatic rings. The molecule has 1 N–H and O–H groups in total. The van der Waals surface area contributed by atoms with Gasteiger partial charge in [-0.05, 0) is 17.0 Å². The van der Waals surface area contributed by atoms with Gasteiger partial charge in [-0.1, -0.05) is 32.4 Å². The Hall–Kier alpha value is -1.46. The minimum Gasteiger partial charge on any atom is -0.387 e. The van der Waals surface area contributed by atoms with Crippen molar-refractivity contribution in [2.45, 2.75) is 39.3 Å². The van der Waals surface area contributed by atoms with Crippen LogP contribution in [0.5, 0.6) is 0 Å². The van der Waals surface area contributed by atoms with Crippen molar-refractivity contribution in [2.24, 2.45) is 5.41 Å². The Kier molecular flexibility index (Phi) is 4.11. The molecule has 0 aliphatic carbocycles. The van der Waals surface area contributed by atoms with Crippen molar-refractivity contribution in [3.05, 3.63) is 41.7 Å². The van der Waals surface area contributed by atoms with Crippen molar-refractivity contribution in [3.8, 4) is 0 Å². The van der Waals surface area contributed by atoms with E-state index >= 15 is 0 Å². The van der Waals surface area contributed by atoms with Gasteiger partial charge in [-0.25, -0.2) is 4.98 Å². The lowest BCUT2D eigenvalue weighted by Crippen LogP contribution is -2.48. The van der Waals surface area contributed by atoms with Gasteiger partial charge in [0.05, 0.1) is 17.2 Å².